The zero-order valence-electron chi connectivity index (χ0n) is 20.3. The predicted molar refractivity (Wildman–Crippen MR) is 142 cm³/mol. The largest absolute Gasteiger partial charge is 0.350 e. The van der Waals surface area contributed by atoms with Crippen LogP contribution in [-0.2, 0) is 35.5 Å². The van der Waals surface area contributed by atoms with Crippen molar-refractivity contribution in [2.24, 2.45) is 0 Å². The molecular formula is C31H31N3O2. The molecule has 1 atom stereocenters. The molecule has 0 bridgehead atoms. The summed E-state index contributed by atoms with van der Waals surface area (Å²) in [6, 6.07) is 32.8. The number of benzene rings is 3. The van der Waals surface area contributed by atoms with Crippen molar-refractivity contribution in [2.75, 3.05) is 0 Å². The summed E-state index contributed by atoms with van der Waals surface area (Å²) in [5.41, 5.74) is 4.01. The van der Waals surface area contributed by atoms with Crippen molar-refractivity contribution in [3.8, 4) is 0 Å². The van der Waals surface area contributed by atoms with Gasteiger partial charge < -0.3 is 10.2 Å². The highest BCUT2D eigenvalue weighted by molar-refractivity contribution is 5.88. The Hall–Kier alpha value is -4.25. The highest BCUT2D eigenvalue weighted by atomic mass is 16.2. The van der Waals surface area contributed by atoms with Gasteiger partial charge >= 0.3 is 0 Å². The van der Waals surface area contributed by atoms with Gasteiger partial charge in [0.25, 0.3) is 0 Å². The second-order valence-corrected chi connectivity index (χ2v) is 8.78. The lowest BCUT2D eigenvalue weighted by molar-refractivity contribution is -0.141. The zero-order chi connectivity index (χ0) is 25.0. The van der Waals surface area contributed by atoms with Crippen LogP contribution in [0.4, 0.5) is 0 Å². The first-order chi connectivity index (χ1) is 17.7. The van der Waals surface area contributed by atoms with E-state index in [-0.39, 0.29) is 11.8 Å². The van der Waals surface area contributed by atoms with Gasteiger partial charge in [0.15, 0.2) is 0 Å². The molecular weight excluding hydrogens is 446 g/mol. The number of hydrogen-bond donors (Lipinski definition) is 1. The Morgan fingerprint density at radius 2 is 1.31 bits per heavy atom. The Morgan fingerprint density at radius 3 is 1.92 bits per heavy atom. The highest BCUT2D eigenvalue weighted by Gasteiger charge is 2.30. The first kappa shape index (κ1) is 24.9. The summed E-state index contributed by atoms with van der Waals surface area (Å²) in [6.45, 7) is 0.724. The van der Waals surface area contributed by atoms with Gasteiger partial charge in [-0.15, -0.1) is 0 Å². The van der Waals surface area contributed by atoms with Gasteiger partial charge in [-0.05, 0) is 34.7 Å². The Labute approximate surface area is 212 Å². The molecule has 0 unspecified atom stereocenters. The third-order valence-corrected chi connectivity index (χ3v) is 6.13. The molecule has 1 N–H and O–H groups in total. The molecule has 0 saturated carbocycles. The Morgan fingerprint density at radius 1 is 0.722 bits per heavy atom. The second kappa shape index (κ2) is 13.0. The molecule has 4 rings (SSSR count). The molecule has 0 fully saturated rings. The lowest BCUT2D eigenvalue weighted by Crippen LogP contribution is -2.50. The van der Waals surface area contributed by atoms with E-state index in [9.17, 15) is 9.59 Å². The van der Waals surface area contributed by atoms with Crippen LogP contribution in [0, 0.1) is 0 Å². The average Bonchev–Trinajstić information content (AvgIpc) is 2.94. The number of nitrogens with zero attached hydrogens (tertiary/aromatic N) is 2. The molecule has 5 heteroatoms. The summed E-state index contributed by atoms with van der Waals surface area (Å²) in [6.07, 6.45) is 4.83. The fourth-order valence-electron chi connectivity index (χ4n) is 4.18. The molecule has 3 aromatic carbocycles. The topological polar surface area (TPSA) is 62.3 Å². The minimum atomic E-state index is -0.646. The number of carbonyl (C=O) groups is 2. The van der Waals surface area contributed by atoms with Gasteiger partial charge in [-0.1, -0.05) is 97.1 Å². The fraction of sp³-hybridized carbons (Fsp3) is 0.194. The number of aryl methyl sites for hydroxylation is 1. The van der Waals surface area contributed by atoms with Gasteiger partial charge in [0.1, 0.15) is 6.04 Å². The van der Waals surface area contributed by atoms with Crippen LogP contribution in [0.1, 0.15) is 28.7 Å². The molecule has 0 aliphatic rings. The Bertz CT molecular complexity index is 1120. The Kier molecular flexibility index (Phi) is 8.98. The van der Waals surface area contributed by atoms with E-state index in [1.165, 1.54) is 0 Å². The lowest BCUT2D eigenvalue weighted by Gasteiger charge is -2.31. The number of hydrogen-bond acceptors (Lipinski definition) is 3. The van der Waals surface area contributed by atoms with Crippen LogP contribution >= 0.6 is 0 Å². The number of rotatable bonds is 11. The van der Waals surface area contributed by atoms with Crippen molar-refractivity contribution in [2.45, 2.75) is 38.4 Å². The molecule has 1 heterocycles. The molecule has 182 valence electrons. The minimum absolute atomic E-state index is 0.0415. The van der Waals surface area contributed by atoms with E-state index in [0.29, 0.717) is 32.4 Å². The van der Waals surface area contributed by atoms with Crippen LogP contribution < -0.4 is 5.32 Å². The maximum absolute atomic E-state index is 13.7. The van der Waals surface area contributed by atoms with Crippen molar-refractivity contribution in [1.29, 1.82) is 0 Å². The van der Waals surface area contributed by atoms with Crippen molar-refractivity contribution in [3.05, 3.63) is 138 Å². The summed E-state index contributed by atoms with van der Waals surface area (Å²) in [5.74, 6) is -0.216. The first-order valence-corrected chi connectivity index (χ1v) is 12.3. The van der Waals surface area contributed by atoms with Crippen molar-refractivity contribution in [1.82, 2.24) is 15.2 Å². The second-order valence-electron chi connectivity index (χ2n) is 8.78. The van der Waals surface area contributed by atoms with Crippen molar-refractivity contribution in [3.63, 3.8) is 0 Å². The number of aromatic nitrogens is 1. The SMILES string of the molecule is O=C(NCc1cccnc1)[C@H](Cc1ccccc1)N(Cc1ccccc1)C(=O)CCc1ccccc1. The number of carbonyl (C=O) groups excluding carboxylic acids is 2. The van der Waals surface area contributed by atoms with Crippen LogP contribution in [0.25, 0.3) is 0 Å². The molecule has 0 aliphatic carbocycles. The standard InChI is InChI=1S/C31H31N3O2/c35-30(19-18-25-11-4-1-5-12-25)34(24-27-15-8-3-9-16-27)29(21-26-13-6-2-7-14-26)31(36)33-23-28-17-10-20-32-22-28/h1-17,20,22,29H,18-19,21,23-24H2,(H,33,36)/t29-/m0/s1. The quantitative estimate of drug-likeness (QED) is 0.332. The highest BCUT2D eigenvalue weighted by Crippen LogP contribution is 2.17. The minimum Gasteiger partial charge on any atom is -0.350 e. The third-order valence-electron chi connectivity index (χ3n) is 6.13. The van der Waals surface area contributed by atoms with E-state index >= 15 is 0 Å². The van der Waals surface area contributed by atoms with Crippen LogP contribution in [0.5, 0.6) is 0 Å². The summed E-state index contributed by atoms with van der Waals surface area (Å²) in [5, 5.41) is 3.04. The summed E-state index contributed by atoms with van der Waals surface area (Å²) >= 11 is 0. The smallest absolute Gasteiger partial charge is 0.243 e. The molecule has 0 spiro atoms. The molecule has 2 amide bonds. The molecule has 1 aromatic heterocycles. The maximum atomic E-state index is 13.7. The van der Waals surface area contributed by atoms with Gasteiger partial charge in [-0.25, -0.2) is 0 Å². The lowest BCUT2D eigenvalue weighted by atomic mass is 10.0. The van der Waals surface area contributed by atoms with Crippen LogP contribution in [0.3, 0.4) is 0 Å². The zero-order valence-corrected chi connectivity index (χ0v) is 20.3. The number of nitrogens with one attached hydrogen (secondary N) is 1. The van der Waals surface area contributed by atoms with Gasteiger partial charge in [0, 0.05) is 38.3 Å². The van der Waals surface area contributed by atoms with Crippen molar-refractivity contribution >= 4 is 11.8 Å². The maximum Gasteiger partial charge on any atom is 0.243 e. The third kappa shape index (κ3) is 7.37. The summed E-state index contributed by atoms with van der Waals surface area (Å²) in [7, 11) is 0. The van der Waals surface area contributed by atoms with E-state index in [1.54, 1.807) is 17.3 Å². The van der Waals surface area contributed by atoms with Gasteiger partial charge in [0.2, 0.25) is 11.8 Å². The number of pyridine rings is 1. The van der Waals surface area contributed by atoms with Gasteiger partial charge in [-0.2, -0.15) is 0 Å². The molecule has 4 aromatic rings. The summed E-state index contributed by atoms with van der Waals surface area (Å²) in [4.78, 5) is 33.1. The van der Waals surface area contributed by atoms with E-state index < -0.39 is 6.04 Å². The van der Waals surface area contributed by atoms with Gasteiger partial charge in [-0.3, -0.25) is 14.6 Å². The van der Waals surface area contributed by atoms with E-state index in [4.69, 9.17) is 0 Å². The average molecular weight is 478 g/mol. The number of amides is 2. The molecule has 0 aliphatic heterocycles. The summed E-state index contributed by atoms with van der Waals surface area (Å²) < 4.78 is 0. The van der Waals surface area contributed by atoms with E-state index in [2.05, 4.69) is 10.3 Å². The predicted octanol–water partition coefficient (Wildman–Crippen LogP) is 4.97. The first-order valence-electron chi connectivity index (χ1n) is 12.3. The molecule has 0 saturated heterocycles. The van der Waals surface area contributed by atoms with Crippen LogP contribution in [0.15, 0.2) is 116 Å². The van der Waals surface area contributed by atoms with Crippen LogP contribution in [-0.4, -0.2) is 27.7 Å². The molecule has 5 nitrogen and oxygen atoms in total. The van der Waals surface area contributed by atoms with Crippen LogP contribution in [0.2, 0.25) is 0 Å². The van der Waals surface area contributed by atoms with E-state index in [1.807, 2.05) is 103 Å². The van der Waals surface area contributed by atoms with Crippen molar-refractivity contribution < 1.29 is 9.59 Å². The Balaban J connectivity index is 1.59. The molecule has 0 radical (unpaired) electrons. The van der Waals surface area contributed by atoms with Gasteiger partial charge in [0.05, 0.1) is 0 Å². The van der Waals surface area contributed by atoms with E-state index in [0.717, 1.165) is 22.3 Å². The normalized spacial score (nSPS) is 11.4. The molecule has 36 heavy (non-hydrogen) atoms. The monoisotopic (exact) mass is 477 g/mol. The fourth-order valence-corrected chi connectivity index (χ4v) is 4.18.